The number of rotatable bonds is 9. The van der Waals surface area contributed by atoms with E-state index in [1.165, 1.54) is 37.3 Å². The summed E-state index contributed by atoms with van der Waals surface area (Å²) in [6, 6.07) is 4.25. The lowest BCUT2D eigenvalue weighted by Gasteiger charge is -2.43. The highest BCUT2D eigenvalue weighted by Gasteiger charge is 2.57. The SMILES string of the molecule is C=CCOC(=O)[C@@H]1C(=O)C[C@](C)(O)[C@@H](C(=O)OCC=C)[C@H]1c1ccc(O)c(OCC)c1. The van der Waals surface area contributed by atoms with E-state index in [0.717, 1.165) is 0 Å². The van der Waals surface area contributed by atoms with Crippen LogP contribution in [-0.4, -0.2) is 53.4 Å². The van der Waals surface area contributed by atoms with Crippen LogP contribution in [-0.2, 0) is 23.9 Å². The monoisotopic (exact) mass is 432 g/mol. The normalized spacial score (nSPS) is 25.4. The van der Waals surface area contributed by atoms with Crippen molar-refractivity contribution in [2.45, 2.75) is 31.8 Å². The average molecular weight is 432 g/mol. The molecule has 1 aliphatic carbocycles. The molecule has 1 fully saturated rings. The second-order valence-electron chi connectivity index (χ2n) is 7.48. The number of hydrogen-bond donors (Lipinski definition) is 2. The summed E-state index contributed by atoms with van der Waals surface area (Å²) >= 11 is 0. The molecule has 0 bridgehead atoms. The maximum atomic E-state index is 12.9. The summed E-state index contributed by atoms with van der Waals surface area (Å²) in [6.45, 7) is 10.1. The summed E-state index contributed by atoms with van der Waals surface area (Å²) in [5.41, 5.74) is -1.44. The number of hydrogen-bond acceptors (Lipinski definition) is 8. The Morgan fingerprint density at radius 3 is 2.39 bits per heavy atom. The highest BCUT2D eigenvalue weighted by molar-refractivity contribution is 6.02. The number of aromatic hydroxyl groups is 1. The third kappa shape index (κ3) is 5.32. The van der Waals surface area contributed by atoms with Crippen molar-refractivity contribution in [1.29, 1.82) is 0 Å². The van der Waals surface area contributed by atoms with Gasteiger partial charge in [0.2, 0.25) is 0 Å². The fourth-order valence-corrected chi connectivity index (χ4v) is 3.89. The maximum absolute atomic E-state index is 12.9. The van der Waals surface area contributed by atoms with E-state index in [0.29, 0.717) is 5.56 Å². The number of esters is 2. The topological polar surface area (TPSA) is 119 Å². The van der Waals surface area contributed by atoms with Crippen LogP contribution in [0, 0.1) is 11.8 Å². The van der Waals surface area contributed by atoms with E-state index >= 15 is 0 Å². The van der Waals surface area contributed by atoms with Crippen LogP contribution in [0.5, 0.6) is 11.5 Å². The molecule has 0 spiro atoms. The van der Waals surface area contributed by atoms with Crippen molar-refractivity contribution in [1.82, 2.24) is 0 Å². The lowest BCUT2D eigenvalue weighted by Crippen LogP contribution is -2.55. The van der Waals surface area contributed by atoms with Crippen LogP contribution < -0.4 is 4.74 Å². The van der Waals surface area contributed by atoms with Gasteiger partial charge in [-0.1, -0.05) is 31.4 Å². The van der Waals surface area contributed by atoms with Crippen LogP contribution in [0.4, 0.5) is 0 Å². The summed E-state index contributed by atoms with van der Waals surface area (Å²) in [4.78, 5) is 38.7. The lowest BCUT2D eigenvalue weighted by molar-refractivity contribution is -0.172. The predicted octanol–water partition coefficient (Wildman–Crippen LogP) is 2.29. The van der Waals surface area contributed by atoms with Gasteiger partial charge in [-0.05, 0) is 31.5 Å². The van der Waals surface area contributed by atoms with E-state index in [2.05, 4.69) is 13.2 Å². The van der Waals surface area contributed by atoms with Crippen LogP contribution in [0.25, 0.3) is 0 Å². The Balaban J connectivity index is 2.64. The molecule has 0 aromatic heterocycles. The third-order valence-corrected chi connectivity index (χ3v) is 5.13. The fourth-order valence-electron chi connectivity index (χ4n) is 3.89. The Hall–Kier alpha value is -3.13. The molecule has 2 N–H and O–H groups in total. The van der Waals surface area contributed by atoms with E-state index < -0.39 is 47.5 Å². The number of benzene rings is 1. The van der Waals surface area contributed by atoms with Gasteiger partial charge in [0.05, 0.1) is 18.1 Å². The summed E-state index contributed by atoms with van der Waals surface area (Å²) in [6.07, 6.45) is 2.31. The van der Waals surface area contributed by atoms with Gasteiger partial charge < -0.3 is 24.4 Å². The fraction of sp³-hybridized carbons (Fsp3) is 0.435. The van der Waals surface area contributed by atoms with Crippen molar-refractivity contribution in [2.75, 3.05) is 19.8 Å². The summed E-state index contributed by atoms with van der Waals surface area (Å²) in [7, 11) is 0. The van der Waals surface area contributed by atoms with E-state index in [9.17, 15) is 24.6 Å². The molecule has 8 nitrogen and oxygen atoms in total. The summed E-state index contributed by atoms with van der Waals surface area (Å²) < 4.78 is 15.7. The van der Waals surface area contributed by atoms with Gasteiger partial charge in [0.25, 0.3) is 0 Å². The highest BCUT2D eigenvalue weighted by atomic mass is 16.5. The highest BCUT2D eigenvalue weighted by Crippen LogP contribution is 2.48. The molecule has 2 rings (SSSR count). The van der Waals surface area contributed by atoms with E-state index in [1.807, 2.05) is 0 Å². The molecule has 168 valence electrons. The lowest BCUT2D eigenvalue weighted by atomic mass is 9.61. The van der Waals surface area contributed by atoms with Gasteiger partial charge in [0.1, 0.15) is 19.1 Å². The third-order valence-electron chi connectivity index (χ3n) is 5.13. The number of phenols is 1. The van der Waals surface area contributed by atoms with Crippen molar-refractivity contribution in [3.8, 4) is 11.5 Å². The first-order chi connectivity index (χ1) is 14.7. The number of carbonyl (C=O) groups is 3. The van der Waals surface area contributed by atoms with Crippen LogP contribution in [0.2, 0.25) is 0 Å². The van der Waals surface area contributed by atoms with Gasteiger partial charge in [-0.25, -0.2) is 0 Å². The molecule has 0 saturated heterocycles. The maximum Gasteiger partial charge on any atom is 0.317 e. The smallest absolute Gasteiger partial charge is 0.317 e. The molecule has 1 aromatic carbocycles. The molecule has 4 atom stereocenters. The van der Waals surface area contributed by atoms with Gasteiger partial charge >= 0.3 is 11.9 Å². The number of Topliss-reactive ketones (excluding diaryl/α,β-unsaturated/α-hetero) is 1. The van der Waals surface area contributed by atoms with Gasteiger partial charge in [0, 0.05) is 12.3 Å². The second kappa shape index (κ2) is 10.3. The van der Waals surface area contributed by atoms with Gasteiger partial charge in [-0.2, -0.15) is 0 Å². The molecular formula is C23H28O8. The van der Waals surface area contributed by atoms with Gasteiger partial charge in [-0.3, -0.25) is 14.4 Å². The Morgan fingerprint density at radius 2 is 1.81 bits per heavy atom. The first kappa shape index (κ1) is 24.1. The first-order valence-electron chi connectivity index (χ1n) is 9.93. The molecular weight excluding hydrogens is 404 g/mol. The van der Waals surface area contributed by atoms with Crippen LogP contribution in [0.3, 0.4) is 0 Å². The summed E-state index contributed by atoms with van der Waals surface area (Å²) in [5.74, 6) is -5.93. The van der Waals surface area contributed by atoms with Gasteiger partial charge in [0.15, 0.2) is 17.3 Å². The predicted molar refractivity (Wildman–Crippen MR) is 112 cm³/mol. The van der Waals surface area contributed by atoms with Crippen molar-refractivity contribution < 1.29 is 38.8 Å². The van der Waals surface area contributed by atoms with Crippen molar-refractivity contribution >= 4 is 17.7 Å². The van der Waals surface area contributed by atoms with E-state index in [4.69, 9.17) is 14.2 Å². The van der Waals surface area contributed by atoms with Crippen molar-refractivity contribution in [2.24, 2.45) is 11.8 Å². The largest absolute Gasteiger partial charge is 0.504 e. The Labute approximate surface area is 181 Å². The minimum Gasteiger partial charge on any atom is -0.504 e. The minimum atomic E-state index is -1.78. The molecule has 1 saturated carbocycles. The van der Waals surface area contributed by atoms with Crippen molar-refractivity contribution in [3.63, 3.8) is 0 Å². The molecule has 1 aliphatic rings. The van der Waals surface area contributed by atoms with Crippen molar-refractivity contribution in [3.05, 3.63) is 49.1 Å². The molecule has 31 heavy (non-hydrogen) atoms. The zero-order valence-corrected chi connectivity index (χ0v) is 17.7. The number of carbonyl (C=O) groups excluding carboxylic acids is 3. The molecule has 0 unspecified atom stereocenters. The zero-order valence-electron chi connectivity index (χ0n) is 17.7. The minimum absolute atomic E-state index is 0.0998. The Kier molecular flexibility index (Phi) is 7.99. The van der Waals surface area contributed by atoms with Crippen LogP contribution in [0.15, 0.2) is 43.5 Å². The zero-order chi connectivity index (χ0) is 23.2. The number of ether oxygens (including phenoxy) is 3. The number of aliphatic hydroxyl groups is 1. The second-order valence-corrected chi connectivity index (χ2v) is 7.48. The van der Waals surface area contributed by atoms with Crippen LogP contribution in [0.1, 0.15) is 31.7 Å². The average Bonchev–Trinajstić information content (AvgIpc) is 2.70. The standard InChI is InChI=1S/C23H28O8/c1-5-10-30-21(26)19-16(25)13-23(4,28)20(22(27)31-11-6-2)18(19)14-8-9-15(24)17(12-14)29-7-3/h5-6,8-9,12,18-20,24,28H,1-2,7,10-11,13H2,3-4H3/t18-,19+,20+,23-/m0/s1. The summed E-state index contributed by atoms with van der Waals surface area (Å²) in [5, 5.41) is 21.1. The molecule has 0 radical (unpaired) electrons. The van der Waals surface area contributed by atoms with Crippen LogP contribution >= 0.6 is 0 Å². The molecule has 1 aromatic rings. The van der Waals surface area contributed by atoms with Gasteiger partial charge in [-0.15, -0.1) is 0 Å². The van der Waals surface area contributed by atoms with E-state index in [-0.39, 0.29) is 31.3 Å². The van der Waals surface area contributed by atoms with E-state index in [1.54, 1.807) is 6.92 Å². The number of phenolic OH excluding ortho intramolecular Hbond substituents is 1. The number of ketones is 1. The molecule has 8 heteroatoms. The Bertz CT molecular complexity index is 857. The Morgan fingerprint density at radius 1 is 1.19 bits per heavy atom. The first-order valence-corrected chi connectivity index (χ1v) is 9.93. The molecule has 0 amide bonds. The quantitative estimate of drug-likeness (QED) is 0.347. The molecule has 0 heterocycles. The molecule has 0 aliphatic heterocycles.